The van der Waals surface area contributed by atoms with Crippen molar-refractivity contribution in [1.82, 2.24) is 19.8 Å². The summed E-state index contributed by atoms with van der Waals surface area (Å²) in [5.41, 5.74) is 2.01. The molecule has 0 unspecified atom stereocenters. The number of ether oxygens (including phenoxy) is 1. The van der Waals surface area contributed by atoms with Gasteiger partial charge >= 0.3 is 0 Å². The monoisotopic (exact) mass is 329 g/mol. The van der Waals surface area contributed by atoms with E-state index < -0.39 is 0 Å². The van der Waals surface area contributed by atoms with Gasteiger partial charge < -0.3 is 9.64 Å². The molecule has 0 N–H and O–H groups in total. The van der Waals surface area contributed by atoms with Gasteiger partial charge in [-0.1, -0.05) is 19.9 Å². The molecule has 0 saturated carbocycles. The van der Waals surface area contributed by atoms with Crippen LogP contribution in [0.2, 0.25) is 0 Å². The van der Waals surface area contributed by atoms with E-state index in [-0.39, 0.29) is 0 Å². The molecule has 6 nitrogen and oxygen atoms in total. The third-order valence-corrected chi connectivity index (χ3v) is 4.84. The lowest BCUT2D eigenvalue weighted by Gasteiger charge is -2.27. The number of rotatable bonds is 3. The predicted octanol–water partition coefficient (Wildman–Crippen LogP) is 2.61. The van der Waals surface area contributed by atoms with Crippen LogP contribution in [0.25, 0.3) is 16.4 Å². The molecular formula is C16H19N5OS. The third kappa shape index (κ3) is 2.64. The van der Waals surface area contributed by atoms with Crippen molar-refractivity contribution < 1.29 is 4.74 Å². The zero-order valence-electron chi connectivity index (χ0n) is 13.3. The van der Waals surface area contributed by atoms with Crippen LogP contribution in [0.5, 0.6) is 0 Å². The topological polar surface area (TPSA) is 55.5 Å². The summed E-state index contributed by atoms with van der Waals surface area (Å²) in [4.78, 5) is 2.22. The van der Waals surface area contributed by atoms with Crippen LogP contribution in [-0.4, -0.2) is 51.4 Å². The van der Waals surface area contributed by atoms with Crippen molar-refractivity contribution in [2.45, 2.75) is 24.1 Å². The number of hydrogen-bond acceptors (Lipinski definition) is 6. The second-order valence-corrected chi connectivity index (χ2v) is 7.41. The van der Waals surface area contributed by atoms with E-state index in [1.54, 1.807) is 11.8 Å². The summed E-state index contributed by atoms with van der Waals surface area (Å²) in [6.45, 7) is 7.43. The highest BCUT2D eigenvalue weighted by molar-refractivity contribution is 8.00. The average Bonchev–Trinajstić information content (AvgIpc) is 2.95. The number of thioether (sulfide) groups is 1. The molecule has 1 aliphatic rings. The fourth-order valence-electron chi connectivity index (χ4n) is 2.85. The largest absolute Gasteiger partial charge is 0.378 e. The minimum absolute atomic E-state index is 0.445. The van der Waals surface area contributed by atoms with Crippen molar-refractivity contribution in [3.8, 4) is 0 Å². The maximum atomic E-state index is 5.45. The van der Waals surface area contributed by atoms with E-state index in [2.05, 4.69) is 35.0 Å². The molecule has 23 heavy (non-hydrogen) atoms. The summed E-state index contributed by atoms with van der Waals surface area (Å²) in [5.74, 6) is 0.861. The Morgan fingerprint density at radius 3 is 2.78 bits per heavy atom. The number of pyridine rings is 1. The molecule has 1 saturated heterocycles. The third-order valence-electron chi connectivity index (χ3n) is 3.86. The molecule has 0 atom stereocenters. The van der Waals surface area contributed by atoms with E-state index in [9.17, 15) is 0 Å². The predicted molar refractivity (Wildman–Crippen MR) is 92.3 cm³/mol. The number of anilines is 1. The van der Waals surface area contributed by atoms with Crippen molar-refractivity contribution in [1.29, 1.82) is 0 Å². The molecule has 4 heterocycles. The van der Waals surface area contributed by atoms with Crippen LogP contribution < -0.4 is 4.90 Å². The van der Waals surface area contributed by atoms with E-state index in [0.29, 0.717) is 5.25 Å². The van der Waals surface area contributed by atoms with Crippen molar-refractivity contribution in [3.63, 3.8) is 0 Å². The minimum atomic E-state index is 0.445. The smallest absolute Gasteiger partial charge is 0.180 e. The number of hydrogen-bond donors (Lipinski definition) is 0. The van der Waals surface area contributed by atoms with Crippen LogP contribution in [-0.2, 0) is 4.74 Å². The van der Waals surface area contributed by atoms with E-state index in [4.69, 9.17) is 9.84 Å². The van der Waals surface area contributed by atoms with Gasteiger partial charge in [-0.25, -0.2) is 4.52 Å². The van der Waals surface area contributed by atoms with Gasteiger partial charge in [0.15, 0.2) is 5.82 Å². The molecular weight excluding hydrogens is 310 g/mol. The number of nitrogens with zero attached hydrogens (tertiary/aromatic N) is 5. The van der Waals surface area contributed by atoms with Gasteiger partial charge in [-0.05, 0) is 12.1 Å². The van der Waals surface area contributed by atoms with E-state index >= 15 is 0 Å². The first-order chi connectivity index (χ1) is 11.2. The van der Waals surface area contributed by atoms with Gasteiger partial charge in [-0.2, -0.15) is 5.10 Å². The number of morpholine rings is 1. The maximum Gasteiger partial charge on any atom is 0.180 e. The lowest BCUT2D eigenvalue weighted by molar-refractivity contribution is 0.122. The van der Waals surface area contributed by atoms with Crippen molar-refractivity contribution >= 4 is 34.0 Å². The van der Waals surface area contributed by atoms with Crippen LogP contribution in [0.15, 0.2) is 29.4 Å². The summed E-state index contributed by atoms with van der Waals surface area (Å²) in [6, 6.07) is 6.11. The Morgan fingerprint density at radius 2 is 2.00 bits per heavy atom. The maximum absolute atomic E-state index is 5.45. The Labute approximate surface area is 138 Å². The lowest BCUT2D eigenvalue weighted by Crippen LogP contribution is -2.37. The first-order valence-corrected chi connectivity index (χ1v) is 8.75. The molecule has 120 valence electrons. The van der Waals surface area contributed by atoms with Gasteiger partial charge in [0.1, 0.15) is 10.5 Å². The number of aromatic nitrogens is 4. The van der Waals surface area contributed by atoms with Crippen molar-refractivity contribution in [2.75, 3.05) is 31.2 Å². The summed E-state index contributed by atoms with van der Waals surface area (Å²) in [7, 11) is 0. The normalized spacial score (nSPS) is 15.9. The molecule has 1 aliphatic heterocycles. The second kappa shape index (κ2) is 5.98. The molecule has 7 heteroatoms. The SMILES string of the molecule is CC(C)Sc1nnc(N2CCOCC2)c2nn3ccccc3c12. The van der Waals surface area contributed by atoms with Gasteiger partial charge in [-0.3, -0.25) is 0 Å². The van der Waals surface area contributed by atoms with E-state index in [1.165, 1.54) is 0 Å². The molecule has 0 amide bonds. The van der Waals surface area contributed by atoms with Crippen LogP contribution in [0, 0.1) is 0 Å². The Hall–Kier alpha value is -1.86. The Bertz CT molecular complexity index is 841. The van der Waals surface area contributed by atoms with Crippen LogP contribution in [0.1, 0.15) is 13.8 Å². The lowest BCUT2D eigenvalue weighted by atomic mass is 10.2. The first-order valence-electron chi connectivity index (χ1n) is 7.87. The molecule has 3 aromatic rings. The highest BCUT2D eigenvalue weighted by atomic mass is 32.2. The highest BCUT2D eigenvalue weighted by Crippen LogP contribution is 2.35. The van der Waals surface area contributed by atoms with E-state index in [0.717, 1.165) is 53.6 Å². The zero-order valence-corrected chi connectivity index (χ0v) is 14.1. The average molecular weight is 329 g/mol. The zero-order chi connectivity index (χ0) is 15.8. The highest BCUT2D eigenvalue weighted by Gasteiger charge is 2.22. The van der Waals surface area contributed by atoms with Crippen LogP contribution in [0.4, 0.5) is 5.82 Å². The summed E-state index contributed by atoms with van der Waals surface area (Å²) in [5, 5.41) is 16.3. The second-order valence-electron chi connectivity index (χ2n) is 5.85. The molecule has 4 rings (SSSR count). The van der Waals surface area contributed by atoms with Crippen LogP contribution in [0.3, 0.4) is 0 Å². The van der Waals surface area contributed by atoms with Gasteiger partial charge in [0.25, 0.3) is 0 Å². The molecule has 0 radical (unpaired) electrons. The Balaban J connectivity index is 1.95. The Morgan fingerprint density at radius 1 is 1.17 bits per heavy atom. The number of fused-ring (bicyclic) bond motifs is 3. The van der Waals surface area contributed by atoms with Gasteiger partial charge in [0, 0.05) is 24.5 Å². The first kappa shape index (κ1) is 14.7. The molecule has 1 fully saturated rings. The fraction of sp³-hybridized carbons (Fsp3) is 0.438. The van der Waals surface area contributed by atoms with Gasteiger partial charge in [0.05, 0.1) is 24.1 Å². The summed E-state index contributed by atoms with van der Waals surface area (Å²) in [6.07, 6.45) is 1.97. The molecule has 0 spiro atoms. The molecule has 0 aliphatic carbocycles. The van der Waals surface area contributed by atoms with Crippen LogP contribution >= 0.6 is 11.8 Å². The molecule has 0 aromatic carbocycles. The molecule has 0 bridgehead atoms. The fourth-order valence-corrected chi connectivity index (χ4v) is 3.70. The van der Waals surface area contributed by atoms with Crippen molar-refractivity contribution in [2.24, 2.45) is 0 Å². The molecule has 3 aromatic heterocycles. The summed E-state index contributed by atoms with van der Waals surface area (Å²) < 4.78 is 7.37. The standard InChI is InChI=1S/C16H19N5OS/c1-11(2)23-16-13-12-5-3-4-6-21(12)19-14(13)15(17-18-16)20-7-9-22-10-8-20/h3-6,11H,7-10H2,1-2H3. The Kier molecular flexibility index (Phi) is 3.82. The van der Waals surface area contributed by atoms with Gasteiger partial charge in [-0.15, -0.1) is 22.0 Å². The minimum Gasteiger partial charge on any atom is -0.378 e. The van der Waals surface area contributed by atoms with Crippen molar-refractivity contribution in [3.05, 3.63) is 24.4 Å². The quantitative estimate of drug-likeness (QED) is 0.689. The summed E-state index contributed by atoms with van der Waals surface area (Å²) >= 11 is 1.73. The van der Waals surface area contributed by atoms with E-state index in [1.807, 2.05) is 22.8 Å². The van der Waals surface area contributed by atoms with Gasteiger partial charge in [0.2, 0.25) is 0 Å².